The van der Waals surface area contributed by atoms with E-state index in [0.29, 0.717) is 11.4 Å². The van der Waals surface area contributed by atoms with Crippen molar-refractivity contribution in [2.24, 2.45) is 0 Å². The SMILES string of the molecule is Cc1ccc(OCCN2C(=O)COc3cc(NC(=O)C(F)(F)F)ccc32)cc1. The number of alkyl halides is 3. The first-order valence-electron chi connectivity index (χ1n) is 8.39. The lowest BCUT2D eigenvalue weighted by Crippen LogP contribution is -2.41. The Bertz CT molecular complexity index is 882. The molecule has 1 N–H and O–H groups in total. The highest BCUT2D eigenvalue weighted by Gasteiger charge is 2.39. The maximum Gasteiger partial charge on any atom is 0.471 e. The Labute approximate surface area is 158 Å². The van der Waals surface area contributed by atoms with Crippen LogP contribution in [0.2, 0.25) is 0 Å². The van der Waals surface area contributed by atoms with Crippen molar-refractivity contribution in [2.75, 3.05) is 30.0 Å². The van der Waals surface area contributed by atoms with Crippen molar-refractivity contribution in [2.45, 2.75) is 13.1 Å². The normalized spacial score (nSPS) is 13.6. The maximum atomic E-state index is 12.4. The molecule has 0 radical (unpaired) electrons. The first-order valence-corrected chi connectivity index (χ1v) is 8.39. The topological polar surface area (TPSA) is 67.9 Å². The first kappa shape index (κ1) is 19.5. The van der Waals surface area contributed by atoms with E-state index in [9.17, 15) is 22.8 Å². The minimum Gasteiger partial charge on any atom is -0.492 e. The Balaban J connectivity index is 1.68. The van der Waals surface area contributed by atoms with Crippen LogP contribution in [-0.4, -0.2) is 37.7 Å². The number of carbonyl (C=O) groups is 2. The third kappa shape index (κ3) is 4.54. The summed E-state index contributed by atoms with van der Waals surface area (Å²) in [7, 11) is 0. The van der Waals surface area contributed by atoms with Crippen molar-refractivity contribution in [3.8, 4) is 11.5 Å². The second-order valence-electron chi connectivity index (χ2n) is 6.13. The molecule has 3 rings (SSSR count). The van der Waals surface area contributed by atoms with Gasteiger partial charge in [-0.3, -0.25) is 9.59 Å². The number of halogens is 3. The third-order valence-electron chi connectivity index (χ3n) is 4.02. The number of hydrogen-bond donors (Lipinski definition) is 1. The molecule has 0 unspecified atom stereocenters. The molecule has 9 heteroatoms. The van der Waals surface area contributed by atoms with Gasteiger partial charge < -0.3 is 19.7 Å². The zero-order valence-corrected chi connectivity index (χ0v) is 14.9. The van der Waals surface area contributed by atoms with Gasteiger partial charge in [0.2, 0.25) is 0 Å². The van der Waals surface area contributed by atoms with Crippen LogP contribution < -0.4 is 19.7 Å². The lowest BCUT2D eigenvalue weighted by molar-refractivity contribution is -0.167. The van der Waals surface area contributed by atoms with Crippen LogP contribution in [0.5, 0.6) is 11.5 Å². The quantitative estimate of drug-likeness (QED) is 0.845. The molecule has 2 amide bonds. The molecule has 0 aliphatic carbocycles. The average molecular weight is 394 g/mol. The smallest absolute Gasteiger partial charge is 0.471 e. The summed E-state index contributed by atoms with van der Waals surface area (Å²) in [5.74, 6) is -1.51. The number of anilines is 2. The number of amides is 2. The largest absolute Gasteiger partial charge is 0.492 e. The molecule has 0 aromatic heterocycles. The van der Waals surface area contributed by atoms with Crippen molar-refractivity contribution in [1.82, 2.24) is 0 Å². The van der Waals surface area contributed by atoms with Crippen LogP contribution in [0, 0.1) is 6.92 Å². The molecule has 2 aromatic rings. The molecular weight excluding hydrogens is 377 g/mol. The van der Waals surface area contributed by atoms with E-state index in [4.69, 9.17) is 9.47 Å². The summed E-state index contributed by atoms with van der Waals surface area (Å²) in [6.07, 6.45) is -4.99. The summed E-state index contributed by atoms with van der Waals surface area (Å²) in [6.45, 7) is 2.16. The zero-order chi connectivity index (χ0) is 20.3. The number of nitrogens with zero attached hydrogens (tertiary/aromatic N) is 1. The van der Waals surface area contributed by atoms with Gasteiger partial charge in [0.05, 0.1) is 12.2 Å². The molecule has 0 fully saturated rings. The molecule has 0 atom stereocenters. The predicted octanol–water partition coefficient (Wildman–Crippen LogP) is 3.30. The Morgan fingerprint density at radius 2 is 1.93 bits per heavy atom. The molecule has 1 heterocycles. The lowest BCUT2D eigenvalue weighted by Gasteiger charge is -2.29. The van der Waals surface area contributed by atoms with Crippen LogP contribution in [-0.2, 0) is 9.59 Å². The van der Waals surface area contributed by atoms with Gasteiger partial charge in [-0.2, -0.15) is 13.2 Å². The van der Waals surface area contributed by atoms with E-state index < -0.39 is 12.1 Å². The Morgan fingerprint density at radius 3 is 2.61 bits per heavy atom. The Hall–Kier alpha value is -3.23. The van der Waals surface area contributed by atoms with E-state index in [-0.39, 0.29) is 37.1 Å². The second-order valence-corrected chi connectivity index (χ2v) is 6.13. The van der Waals surface area contributed by atoms with Gasteiger partial charge in [0.1, 0.15) is 18.1 Å². The number of hydrogen-bond acceptors (Lipinski definition) is 4. The standard InChI is InChI=1S/C19H17F3N2O4/c1-12-2-5-14(6-3-12)27-9-8-24-15-7-4-13(23-18(26)19(20,21)22)10-16(15)28-11-17(24)25/h2-7,10H,8-9,11H2,1H3,(H,23,26). The summed E-state index contributed by atoms with van der Waals surface area (Å²) in [5, 5.41) is 1.76. The number of carbonyl (C=O) groups excluding carboxylic acids is 2. The monoisotopic (exact) mass is 394 g/mol. The number of ether oxygens (including phenoxy) is 2. The average Bonchev–Trinajstić information content (AvgIpc) is 2.64. The fourth-order valence-electron chi connectivity index (χ4n) is 2.62. The molecule has 28 heavy (non-hydrogen) atoms. The van der Waals surface area contributed by atoms with Crippen molar-refractivity contribution in [1.29, 1.82) is 0 Å². The van der Waals surface area contributed by atoms with E-state index in [1.807, 2.05) is 31.2 Å². The van der Waals surface area contributed by atoms with Crippen LogP contribution in [0.15, 0.2) is 42.5 Å². The van der Waals surface area contributed by atoms with Crippen LogP contribution in [0.1, 0.15) is 5.56 Å². The summed E-state index contributed by atoms with van der Waals surface area (Å²) < 4.78 is 48.0. The highest BCUT2D eigenvalue weighted by Crippen LogP contribution is 2.35. The van der Waals surface area contributed by atoms with Gasteiger partial charge in [-0.25, -0.2) is 0 Å². The van der Waals surface area contributed by atoms with Crippen LogP contribution in [0.3, 0.4) is 0 Å². The molecule has 1 aliphatic heterocycles. The molecule has 0 spiro atoms. The van der Waals surface area contributed by atoms with Gasteiger partial charge >= 0.3 is 12.1 Å². The number of fused-ring (bicyclic) bond motifs is 1. The number of rotatable bonds is 5. The summed E-state index contributed by atoms with van der Waals surface area (Å²) in [4.78, 5) is 24.7. The van der Waals surface area contributed by atoms with Gasteiger partial charge in [0.25, 0.3) is 5.91 Å². The Morgan fingerprint density at radius 1 is 1.21 bits per heavy atom. The minimum absolute atomic E-state index is 0.0775. The van der Waals surface area contributed by atoms with Crippen LogP contribution >= 0.6 is 0 Å². The van der Waals surface area contributed by atoms with Crippen molar-refractivity contribution >= 4 is 23.2 Å². The van der Waals surface area contributed by atoms with E-state index in [1.165, 1.54) is 23.1 Å². The van der Waals surface area contributed by atoms with E-state index >= 15 is 0 Å². The highest BCUT2D eigenvalue weighted by molar-refractivity contribution is 5.99. The van der Waals surface area contributed by atoms with Crippen LogP contribution in [0.25, 0.3) is 0 Å². The molecule has 6 nitrogen and oxygen atoms in total. The third-order valence-corrected chi connectivity index (χ3v) is 4.02. The number of nitrogens with one attached hydrogen (secondary N) is 1. The van der Waals surface area contributed by atoms with Gasteiger partial charge in [-0.1, -0.05) is 17.7 Å². The molecule has 1 aliphatic rings. The predicted molar refractivity (Wildman–Crippen MR) is 95.6 cm³/mol. The maximum absolute atomic E-state index is 12.4. The van der Waals surface area contributed by atoms with Crippen molar-refractivity contribution in [3.63, 3.8) is 0 Å². The molecule has 0 saturated heterocycles. The second kappa shape index (κ2) is 7.79. The van der Waals surface area contributed by atoms with Crippen molar-refractivity contribution < 1.29 is 32.2 Å². The van der Waals surface area contributed by atoms with Gasteiger partial charge in [0, 0.05) is 11.8 Å². The lowest BCUT2D eigenvalue weighted by atomic mass is 10.2. The summed E-state index contributed by atoms with van der Waals surface area (Å²) in [6, 6.07) is 11.4. The minimum atomic E-state index is -4.99. The fraction of sp³-hybridized carbons (Fsp3) is 0.263. The number of benzene rings is 2. The molecule has 2 aromatic carbocycles. The van der Waals surface area contributed by atoms with E-state index in [2.05, 4.69) is 0 Å². The highest BCUT2D eigenvalue weighted by atomic mass is 19.4. The van der Waals surface area contributed by atoms with Crippen LogP contribution in [0.4, 0.5) is 24.5 Å². The molecule has 0 bridgehead atoms. The number of aryl methyl sites for hydroxylation is 1. The van der Waals surface area contributed by atoms with Gasteiger partial charge in [0.15, 0.2) is 6.61 Å². The fourth-order valence-corrected chi connectivity index (χ4v) is 2.62. The van der Waals surface area contributed by atoms with Gasteiger partial charge in [-0.05, 0) is 31.2 Å². The zero-order valence-electron chi connectivity index (χ0n) is 14.9. The molecule has 148 valence electrons. The summed E-state index contributed by atoms with van der Waals surface area (Å²) in [5.41, 5.74) is 1.41. The molecular formula is C19H17F3N2O4. The van der Waals surface area contributed by atoms with E-state index in [1.54, 1.807) is 5.32 Å². The van der Waals surface area contributed by atoms with E-state index in [0.717, 1.165) is 5.56 Å². The van der Waals surface area contributed by atoms with Crippen molar-refractivity contribution in [3.05, 3.63) is 48.0 Å². The summed E-state index contributed by atoms with van der Waals surface area (Å²) >= 11 is 0. The van der Waals surface area contributed by atoms with Gasteiger partial charge in [-0.15, -0.1) is 0 Å². The molecule has 0 saturated carbocycles. The Kier molecular flexibility index (Phi) is 5.43. The first-order chi connectivity index (χ1) is 13.2.